The highest BCUT2D eigenvalue weighted by atomic mass is 15.3. The third-order valence-corrected chi connectivity index (χ3v) is 2.65. The second-order valence-corrected chi connectivity index (χ2v) is 3.67. The van der Waals surface area contributed by atoms with Crippen LogP contribution in [0.25, 0.3) is 5.70 Å². The standard InChI is InChI=1S/C13H12N2/c1-2-6-11(7-3-1)12-10-15-9-5-4-8-13(15)14-12/h1-10,13-14H. The van der Waals surface area contributed by atoms with E-state index in [1.807, 2.05) is 12.1 Å². The van der Waals surface area contributed by atoms with E-state index in [4.69, 9.17) is 0 Å². The molecule has 15 heavy (non-hydrogen) atoms. The van der Waals surface area contributed by atoms with Gasteiger partial charge in [-0.05, 0) is 17.7 Å². The molecular weight excluding hydrogens is 184 g/mol. The van der Waals surface area contributed by atoms with Crippen LogP contribution in [0.5, 0.6) is 0 Å². The van der Waals surface area contributed by atoms with E-state index >= 15 is 0 Å². The van der Waals surface area contributed by atoms with Crippen LogP contribution in [0.15, 0.2) is 61.0 Å². The molecule has 2 heteroatoms. The molecule has 2 nitrogen and oxygen atoms in total. The first-order valence-electron chi connectivity index (χ1n) is 5.10. The summed E-state index contributed by atoms with van der Waals surface area (Å²) in [4.78, 5) is 2.17. The quantitative estimate of drug-likeness (QED) is 0.741. The number of allylic oxidation sites excluding steroid dienone is 2. The van der Waals surface area contributed by atoms with Gasteiger partial charge in [0.15, 0.2) is 0 Å². The number of rotatable bonds is 1. The first-order valence-corrected chi connectivity index (χ1v) is 5.10. The van der Waals surface area contributed by atoms with Gasteiger partial charge >= 0.3 is 0 Å². The minimum Gasteiger partial charge on any atom is -0.360 e. The average Bonchev–Trinajstić information content (AvgIpc) is 2.74. The van der Waals surface area contributed by atoms with E-state index < -0.39 is 0 Å². The second kappa shape index (κ2) is 3.31. The second-order valence-electron chi connectivity index (χ2n) is 3.67. The van der Waals surface area contributed by atoms with Crippen molar-refractivity contribution < 1.29 is 0 Å². The van der Waals surface area contributed by atoms with Crippen molar-refractivity contribution in [1.29, 1.82) is 0 Å². The highest BCUT2D eigenvalue weighted by Gasteiger charge is 2.21. The zero-order valence-electron chi connectivity index (χ0n) is 8.30. The van der Waals surface area contributed by atoms with Gasteiger partial charge in [0.1, 0.15) is 6.17 Å². The Morgan fingerprint density at radius 2 is 1.93 bits per heavy atom. The molecule has 0 bridgehead atoms. The largest absolute Gasteiger partial charge is 0.360 e. The molecule has 0 fully saturated rings. The minimum atomic E-state index is 0.283. The number of nitrogens with one attached hydrogen (secondary N) is 1. The molecule has 0 aromatic heterocycles. The summed E-state index contributed by atoms with van der Waals surface area (Å²) < 4.78 is 0. The first-order chi connectivity index (χ1) is 7.43. The topological polar surface area (TPSA) is 15.3 Å². The normalized spacial score (nSPS) is 22.3. The molecular formula is C13H12N2. The van der Waals surface area contributed by atoms with Gasteiger partial charge in [-0.25, -0.2) is 0 Å². The summed E-state index contributed by atoms with van der Waals surface area (Å²) in [6.07, 6.45) is 10.8. The van der Waals surface area contributed by atoms with E-state index in [0.717, 1.165) is 0 Å². The lowest BCUT2D eigenvalue weighted by molar-refractivity contribution is 0.427. The Morgan fingerprint density at radius 3 is 2.73 bits per heavy atom. The molecule has 2 heterocycles. The molecule has 3 rings (SSSR count). The molecule has 0 spiro atoms. The molecule has 1 N–H and O–H groups in total. The van der Waals surface area contributed by atoms with Crippen molar-refractivity contribution in [2.75, 3.05) is 0 Å². The molecule has 2 aliphatic heterocycles. The molecule has 0 saturated heterocycles. The molecule has 0 aliphatic carbocycles. The van der Waals surface area contributed by atoms with Crippen LogP contribution in [0.1, 0.15) is 5.56 Å². The van der Waals surface area contributed by atoms with Gasteiger partial charge in [-0.2, -0.15) is 0 Å². The Labute approximate surface area is 89.2 Å². The number of fused-ring (bicyclic) bond motifs is 1. The molecule has 1 aromatic rings. The Balaban J connectivity index is 1.91. The third-order valence-electron chi connectivity index (χ3n) is 2.65. The molecule has 0 amide bonds. The van der Waals surface area contributed by atoms with Crippen molar-refractivity contribution in [3.8, 4) is 0 Å². The van der Waals surface area contributed by atoms with Crippen LogP contribution in [-0.4, -0.2) is 11.1 Å². The van der Waals surface area contributed by atoms with Gasteiger partial charge < -0.3 is 10.2 Å². The van der Waals surface area contributed by atoms with Crippen LogP contribution in [0.3, 0.4) is 0 Å². The fraction of sp³-hybridized carbons (Fsp3) is 0.0769. The Morgan fingerprint density at radius 1 is 1.07 bits per heavy atom. The molecule has 1 unspecified atom stereocenters. The van der Waals surface area contributed by atoms with Crippen molar-refractivity contribution in [1.82, 2.24) is 10.2 Å². The van der Waals surface area contributed by atoms with E-state index in [2.05, 4.69) is 59.0 Å². The summed E-state index contributed by atoms with van der Waals surface area (Å²) in [6.45, 7) is 0. The monoisotopic (exact) mass is 196 g/mol. The predicted molar refractivity (Wildman–Crippen MR) is 61.5 cm³/mol. The highest BCUT2D eigenvalue weighted by molar-refractivity contribution is 5.66. The maximum Gasteiger partial charge on any atom is 0.122 e. The van der Waals surface area contributed by atoms with Gasteiger partial charge in [-0.15, -0.1) is 0 Å². The van der Waals surface area contributed by atoms with E-state index in [1.54, 1.807) is 0 Å². The SMILES string of the molecule is C1=CC2NC(c3ccccc3)=CN2C=C1. The summed E-state index contributed by atoms with van der Waals surface area (Å²) in [5, 5.41) is 3.46. The lowest BCUT2D eigenvalue weighted by Crippen LogP contribution is -2.31. The Kier molecular flexibility index (Phi) is 1.85. The van der Waals surface area contributed by atoms with Crippen molar-refractivity contribution >= 4 is 5.70 Å². The summed E-state index contributed by atoms with van der Waals surface area (Å²) in [5.74, 6) is 0. The predicted octanol–water partition coefficient (Wildman–Crippen LogP) is 2.30. The van der Waals surface area contributed by atoms with Gasteiger partial charge in [0.25, 0.3) is 0 Å². The molecule has 74 valence electrons. The smallest absolute Gasteiger partial charge is 0.122 e. The first kappa shape index (κ1) is 8.36. The Bertz CT molecular complexity index is 443. The van der Waals surface area contributed by atoms with Crippen molar-refractivity contribution in [2.45, 2.75) is 6.17 Å². The van der Waals surface area contributed by atoms with Crippen molar-refractivity contribution in [3.05, 3.63) is 66.5 Å². The summed E-state index contributed by atoms with van der Waals surface area (Å²) in [6, 6.07) is 10.4. The highest BCUT2D eigenvalue weighted by Crippen LogP contribution is 2.22. The molecule has 0 radical (unpaired) electrons. The zero-order chi connectivity index (χ0) is 10.1. The lowest BCUT2D eigenvalue weighted by Gasteiger charge is -2.20. The molecule has 1 aromatic carbocycles. The Hall–Kier alpha value is -1.96. The van der Waals surface area contributed by atoms with Crippen LogP contribution < -0.4 is 5.32 Å². The van der Waals surface area contributed by atoms with Crippen LogP contribution in [0, 0.1) is 0 Å². The van der Waals surface area contributed by atoms with Crippen LogP contribution in [0.2, 0.25) is 0 Å². The third kappa shape index (κ3) is 1.44. The van der Waals surface area contributed by atoms with Gasteiger partial charge in [-0.1, -0.05) is 36.4 Å². The van der Waals surface area contributed by atoms with Crippen molar-refractivity contribution in [3.63, 3.8) is 0 Å². The van der Waals surface area contributed by atoms with Crippen LogP contribution >= 0.6 is 0 Å². The van der Waals surface area contributed by atoms with E-state index in [-0.39, 0.29) is 6.17 Å². The van der Waals surface area contributed by atoms with Crippen LogP contribution in [-0.2, 0) is 0 Å². The fourth-order valence-electron chi connectivity index (χ4n) is 1.88. The summed E-state index contributed by atoms with van der Waals surface area (Å²) >= 11 is 0. The summed E-state index contributed by atoms with van der Waals surface area (Å²) in [7, 11) is 0. The van der Waals surface area contributed by atoms with Gasteiger partial charge in [0.05, 0.1) is 5.70 Å². The summed E-state index contributed by atoms with van der Waals surface area (Å²) in [5.41, 5.74) is 2.41. The van der Waals surface area contributed by atoms with E-state index in [0.29, 0.717) is 0 Å². The zero-order valence-corrected chi connectivity index (χ0v) is 8.30. The van der Waals surface area contributed by atoms with E-state index in [9.17, 15) is 0 Å². The van der Waals surface area contributed by atoms with Gasteiger partial charge in [-0.3, -0.25) is 0 Å². The fourth-order valence-corrected chi connectivity index (χ4v) is 1.88. The maximum atomic E-state index is 3.46. The number of benzene rings is 1. The number of hydrogen-bond acceptors (Lipinski definition) is 2. The molecule has 1 atom stereocenters. The number of nitrogens with zero attached hydrogens (tertiary/aromatic N) is 1. The maximum absolute atomic E-state index is 3.46. The molecule has 0 saturated carbocycles. The van der Waals surface area contributed by atoms with Gasteiger partial charge in [0, 0.05) is 12.4 Å². The van der Waals surface area contributed by atoms with Crippen LogP contribution in [0.4, 0.5) is 0 Å². The lowest BCUT2D eigenvalue weighted by atomic mass is 10.2. The van der Waals surface area contributed by atoms with Gasteiger partial charge in [0.2, 0.25) is 0 Å². The minimum absolute atomic E-state index is 0.283. The molecule has 2 aliphatic rings. The average molecular weight is 196 g/mol. The van der Waals surface area contributed by atoms with Crippen molar-refractivity contribution in [2.24, 2.45) is 0 Å². The van der Waals surface area contributed by atoms with E-state index in [1.165, 1.54) is 11.3 Å². The number of hydrogen-bond donors (Lipinski definition) is 1.